The third-order valence-electron chi connectivity index (χ3n) is 8.28. The minimum absolute atomic E-state index is 0.143. The molecule has 2 rings (SSSR count). The van der Waals surface area contributed by atoms with E-state index < -0.39 is 67.9 Å². The van der Waals surface area contributed by atoms with Gasteiger partial charge in [0.15, 0.2) is 11.9 Å². The predicted molar refractivity (Wildman–Crippen MR) is 160 cm³/mol. The van der Waals surface area contributed by atoms with Crippen molar-refractivity contribution in [3.05, 3.63) is 11.5 Å². The summed E-state index contributed by atoms with van der Waals surface area (Å²) < 4.78 is 21.7. The van der Waals surface area contributed by atoms with Gasteiger partial charge in [-0.25, -0.2) is 4.79 Å². The van der Waals surface area contributed by atoms with Crippen LogP contribution in [-0.4, -0.2) is 99.3 Å². The molecule has 0 amide bonds. The number of cyclic esters (lactones) is 1. The largest absolute Gasteiger partial charge is 0.490 e. The Morgan fingerprint density at radius 3 is 1.67 bits per heavy atom. The molecular weight excluding hydrogens is 560 g/mol. The van der Waals surface area contributed by atoms with Crippen LogP contribution in [0.5, 0.6) is 0 Å². The van der Waals surface area contributed by atoms with Gasteiger partial charge in [-0.05, 0) is 6.42 Å². The Balaban J connectivity index is 1.63. The molecular formula is C32H58O11. The van der Waals surface area contributed by atoms with E-state index >= 15 is 0 Å². The Morgan fingerprint density at radius 2 is 1.21 bits per heavy atom. The maximum atomic E-state index is 12.5. The first-order valence-corrected chi connectivity index (χ1v) is 16.7. The van der Waals surface area contributed by atoms with Crippen LogP contribution in [0.3, 0.4) is 0 Å². The van der Waals surface area contributed by atoms with Gasteiger partial charge in [0.05, 0.1) is 19.8 Å². The molecule has 0 saturated carbocycles. The maximum Gasteiger partial charge on any atom is 0.378 e. The summed E-state index contributed by atoms with van der Waals surface area (Å²) in [5.74, 6) is -1.61. The van der Waals surface area contributed by atoms with E-state index in [-0.39, 0.29) is 12.4 Å². The Hall–Kier alpha value is -1.47. The van der Waals surface area contributed by atoms with Crippen LogP contribution in [0.2, 0.25) is 0 Å². The standard InChI is InChI=1S/C32H58O11/c1-2-3-4-5-6-7-8-9-10-11-12-13-14-15-16-17-18-19-20-40-29-28(23(35)21-33)42-31(39)30(29)43-32-27(38)26(37)25(36)24(22-34)41-32/h23-28,32-38H,2-22H2,1H3/t23-,24+,25+,26-,27+,28+,32?/m0/s1. The third-order valence-corrected chi connectivity index (χ3v) is 8.28. The van der Waals surface area contributed by atoms with E-state index in [0.29, 0.717) is 6.42 Å². The van der Waals surface area contributed by atoms with Crippen LogP contribution in [0.4, 0.5) is 0 Å². The molecule has 1 saturated heterocycles. The first-order valence-electron chi connectivity index (χ1n) is 16.7. The summed E-state index contributed by atoms with van der Waals surface area (Å²) in [4.78, 5) is 12.5. The lowest BCUT2D eigenvalue weighted by Gasteiger charge is -2.39. The van der Waals surface area contributed by atoms with Gasteiger partial charge in [-0.15, -0.1) is 0 Å². The number of aliphatic hydroxyl groups excluding tert-OH is 6. The number of carbonyl (C=O) groups is 1. The number of unbranched alkanes of at least 4 members (excludes halogenated alkanes) is 17. The Kier molecular flexibility index (Phi) is 19.4. The maximum absolute atomic E-state index is 12.5. The summed E-state index contributed by atoms with van der Waals surface area (Å²) in [6.45, 7) is 1.11. The number of esters is 1. The van der Waals surface area contributed by atoms with Crippen molar-refractivity contribution in [2.75, 3.05) is 19.8 Å². The van der Waals surface area contributed by atoms with Gasteiger partial charge in [0, 0.05) is 0 Å². The van der Waals surface area contributed by atoms with Crippen LogP contribution >= 0.6 is 0 Å². The minimum Gasteiger partial charge on any atom is -0.490 e. The summed E-state index contributed by atoms with van der Waals surface area (Å²) in [5, 5.41) is 59.2. The summed E-state index contributed by atoms with van der Waals surface area (Å²) in [5.41, 5.74) is 0. The fourth-order valence-corrected chi connectivity index (χ4v) is 5.52. The number of ether oxygens (including phenoxy) is 4. The van der Waals surface area contributed by atoms with Crippen LogP contribution in [0.1, 0.15) is 122 Å². The molecule has 0 spiro atoms. The second-order valence-electron chi connectivity index (χ2n) is 11.9. The number of rotatable bonds is 25. The van der Waals surface area contributed by atoms with Crippen molar-refractivity contribution in [1.82, 2.24) is 0 Å². The SMILES string of the molecule is CCCCCCCCCCCCCCCCCCCCOC1=C(OC2O[C@H](CO)[C@@H](O)[C@H](O)[C@H]2O)C(=O)O[C@@H]1[C@@H](O)CO. The van der Waals surface area contributed by atoms with Gasteiger partial charge in [-0.2, -0.15) is 0 Å². The average molecular weight is 619 g/mol. The highest BCUT2D eigenvalue weighted by Gasteiger charge is 2.48. The molecule has 0 bridgehead atoms. The highest BCUT2D eigenvalue weighted by molar-refractivity contribution is 5.89. The fourth-order valence-electron chi connectivity index (χ4n) is 5.52. The van der Waals surface area contributed by atoms with E-state index in [1.54, 1.807) is 0 Å². The molecule has 11 nitrogen and oxygen atoms in total. The molecule has 0 aromatic carbocycles. The molecule has 6 N–H and O–H groups in total. The zero-order valence-electron chi connectivity index (χ0n) is 26.1. The van der Waals surface area contributed by atoms with Gasteiger partial charge < -0.3 is 49.6 Å². The van der Waals surface area contributed by atoms with Crippen molar-refractivity contribution >= 4 is 5.97 Å². The number of aliphatic hydroxyl groups is 6. The molecule has 1 unspecified atom stereocenters. The van der Waals surface area contributed by atoms with E-state index in [1.165, 1.54) is 89.9 Å². The summed E-state index contributed by atoms with van der Waals surface area (Å²) in [7, 11) is 0. The number of hydrogen-bond donors (Lipinski definition) is 6. The van der Waals surface area contributed by atoms with Crippen molar-refractivity contribution in [1.29, 1.82) is 0 Å². The fraction of sp³-hybridized carbons (Fsp3) is 0.906. The minimum atomic E-state index is -1.74. The molecule has 2 heterocycles. The number of hydrogen-bond acceptors (Lipinski definition) is 11. The lowest BCUT2D eigenvalue weighted by atomic mass is 9.99. The average Bonchev–Trinajstić information content (AvgIpc) is 3.32. The molecule has 1 fully saturated rings. The smallest absolute Gasteiger partial charge is 0.378 e. The van der Waals surface area contributed by atoms with Crippen molar-refractivity contribution in [3.8, 4) is 0 Å². The lowest BCUT2D eigenvalue weighted by molar-refractivity contribution is -0.291. The van der Waals surface area contributed by atoms with E-state index in [4.69, 9.17) is 18.9 Å². The van der Waals surface area contributed by atoms with Gasteiger partial charge in [-0.3, -0.25) is 0 Å². The van der Waals surface area contributed by atoms with Crippen LogP contribution in [0.25, 0.3) is 0 Å². The zero-order valence-corrected chi connectivity index (χ0v) is 26.1. The van der Waals surface area contributed by atoms with Crippen LogP contribution in [-0.2, 0) is 23.7 Å². The van der Waals surface area contributed by atoms with Gasteiger partial charge >= 0.3 is 5.97 Å². The van der Waals surface area contributed by atoms with E-state index in [1.807, 2.05) is 0 Å². The quantitative estimate of drug-likeness (QED) is 0.0654. The molecule has 7 atom stereocenters. The molecule has 2 aliphatic heterocycles. The van der Waals surface area contributed by atoms with E-state index in [2.05, 4.69) is 6.92 Å². The summed E-state index contributed by atoms with van der Waals surface area (Å²) >= 11 is 0. The monoisotopic (exact) mass is 618 g/mol. The highest BCUT2D eigenvalue weighted by atomic mass is 16.7. The van der Waals surface area contributed by atoms with Gasteiger partial charge in [0.1, 0.15) is 30.5 Å². The molecule has 0 aliphatic carbocycles. The van der Waals surface area contributed by atoms with Crippen molar-refractivity contribution in [3.63, 3.8) is 0 Å². The second kappa shape index (κ2) is 22.1. The van der Waals surface area contributed by atoms with Crippen LogP contribution in [0.15, 0.2) is 11.5 Å². The van der Waals surface area contributed by atoms with Crippen molar-refractivity contribution in [2.45, 2.75) is 165 Å². The first-order chi connectivity index (χ1) is 20.8. The molecule has 2 aliphatic rings. The Labute approximate surface area is 257 Å². The Morgan fingerprint density at radius 1 is 0.721 bits per heavy atom. The van der Waals surface area contributed by atoms with Gasteiger partial charge in [0.25, 0.3) is 0 Å². The van der Waals surface area contributed by atoms with Gasteiger partial charge in [0.2, 0.25) is 12.0 Å². The summed E-state index contributed by atoms with van der Waals surface area (Å²) in [6.07, 6.45) is 11.9. The molecule has 11 heteroatoms. The molecule has 0 aromatic heterocycles. The van der Waals surface area contributed by atoms with E-state index in [0.717, 1.165) is 19.3 Å². The van der Waals surface area contributed by atoms with Crippen LogP contribution in [0, 0.1) is 0 Å². The van der Waals surface area contributed by atoms with Crippen molar-refractivity contribution < 1.29 is 54.4 Å². The second-order valence-corrected chi connectivity index (χ2v) is 11.9. The van der Waals surface area contributed by atoms with Gasteiger partial charge in [-0.1, -0.05) is 116 Å². The molecule has 0 aromatic rings. The summed E-state index contributed by atoms with van der Waals surface area (Å²) in [6, 6.07) is 0. The Bertz CT molecular complexity index is 774. The normalized spacial score (nSPS) is 26.5. The zero-order chi connectivity index (χ0) is 31.5. The number of carbonyl (C=O) groups excluding carboxylic acids is 1. The van der Waals surface area contributed by atoms with Crippen LogP contribution < -0.4 is 0 Å². The molecule has 0 radical (unpaired) electrons. The first kappa shape index (κ1) is 37.7. The third kappa shape index (κ3) is 13.2. The lowest BCUT2D eigenvalue weighted by Crippen LogP contribution is -2.59. The van der Waals surface area contributed by atoms with E-state index in [9.17, 15) is 35.4 Å². The topological polar surface area (TPSA) is 175 Å². The van der Waals surface area contributed by atoms with Crippen molar-refractivity contribution in [2.24, 2.45) is 0 Å². The molecule has 252 valence electrons. The molecule has 43 heavy (non-hydrogen) atoms. The highest BCUT2D eigenvalue weighted by Crippen LogP contribution is 2.31. The predicted octanol–water partition coefficient (Wildman–Crippen LogP) is 3.35.